The average Bonchev–Trinajstić information content (AvgIpc) is 2.55. The van der Waals surface area contributed by atoms with Gasteiger partial charge in [-0.3, -0.25) is 9.59 Å². The number of anilines is 1. The number of carboxylic acid groups (broad SMARTS) is 1. The third-order valence-corrected chi connectivity index (χ3v) is 4.45. The number of benzene rings is 1. The molecule has 126 valence electrons. The second-order valence-electron chi connectivity index (χ2n) is 5.51. The Morgan fingerprint density at radius 2 is 1.74 bits per heavy atom. The molecule has 1 aromatic carbocycles. The molecule has 0 aliphatic heterocycles. The van der Waals surface area contributed by atoms with Gasteiger partial charge in [-0.15, -0.1) is 0 Å². The summed E-state index contributed by atoms with van der Waals surface area (Å²) in [5.41, 5.74) is 0.401. The number of carbonyl (C=O) groups is 2. The molecule has 1 saturated carbocycles. The summed E-state index contributed by atoms with van der Waals surface area (Å²) in [6, 6.07) is 3.11. The zero-order chi connectivity index (χ0) is 17.0. The second-order valence-corrected chi connectivity index (χ2v) is 5.92. The Balaban J connectivity index is 2.22. The number of carboxylic acids is 1. The van der Waals surface area contributed by atoms with Crippen LogP contribution in [-0.4, -0.2) is 31.2 Å². The maximum absolute atomic E-state index is 12.5. The fourth-order valence-electron chi connectivity index (χ4n) is 2.92. The standard InChI is InChI=1S/C16H20ClNO5/c1-22-13-8-14(23-2)12(7-11(13)17)18-15(19)9-5-3-4-6-10(9)16(20)21/h7-10H,3-6H2,1-2H3,(H,18,19)(H,20,21). The van der Waals surface area contributed by atoms with Crippen LogP contribution in [0.5, 0.6) is 11.5 Å². The molecule has 1 amide bonds. The van der Waals surface area contributed by atoms with E-state index in [-0.39, 0.29) is 5.91 Å². The normalized spacial score (nSPS) is 20.7. The van der Waals surface area contributed by atoms with Crippen LogP contribution in [0.3, 0.4) is 0 Å². The fraction of sp³-hybridized carbons (Fsp3) is 0.500. The van der Waals surface area contributed by atoms with E-state index in [4.69, 9.17) is 21.1 Å². The topological polar surface area (TPSA) is 84.9 Å². The number of amides is 1. The van der Waals surface area contributed by atoms with Crippen molar-refractivity contribution in [3.8, 4) is 11.5 Å². The molecule has 1 aliphatic rings. The van der Waals surface area contributed by atoms with E-state index in [9.17, 15) is 14.7 Å². The minimum absolute atomic E-state index is 0.323. The van der Waals surface area contributed by atoms with Crippen molar-refractivity contribution >= 4 is 29.2 Å². The van der Waals surface area contributed by atoms with Crippen LogP contribution < -0.4 is 14.8 Å². The second kappa shape index (κ2) is 7.55. The van der Waals surface area contributed by atoms with E-state index in [1.807, 2.05) is 0 Å². The molecule has 1 aromatic rings. The van der Waals surface area contributed by atoms with Gasteiger partial charge in [0.25, 0.3) is 0 Å². The lowest BCUT2D eigenvalue weighted by atomic mass is 9.78. The SMILES string of the molecule is COc1cc(OC)c(NC(=O)C2CCCCC2C(=O)O)cc1Cl. The number of hydrogen-bond acceptors (Lipinski definition) is 4. The lowest BCUT2D eigenvalue weighted by Crippen LogP contribution is -2.36. The Bertz CT molecular complexity index is 604. The predicted octanol–water partition coefficient (Wildman–Crippen LogP) is 3.19. The minimum atomic E-state index is -0.926. The molecule has 0 bridgehead atoms. The Kier molecular flexibility index (Phi) is 5.71. The van der Waals surface area contributed by atoms with Gasteiger partial charge in [0.1, 0.15) is 11.5 Å². The number of halogens is 1. The van der Waals surface area contributed by atoms with E-state index in [0.717, 1.165) is 12.8 Å². The highest BCUT2D eigenvalue weighted by atomic mass is 35.5. The summed E-state index contributed by atoms with van der Waals surface area (Å²) in [7, 11) is 2.96. The highest BCUT2D eigenvalue weighted by molar-refractivity contribution is 6.32. The van der Waals surface area contributed by atoms with Crippen LogP contribution >= 0.6 is 11.6 Å². The van der Waals surface area contributed by atoms with Gasteiger partial charge in [-0.25, -0.2) is 0 Å². The number of carbonyl (C=O) groups excluding carboxylic acids is 1. The van der Waals surface area contributed by atoms with Crippen molar-refractivity contribution in [2.75, 3.05) is 19.5 Å². The van der Waals surface area contributed by atoms with Gasteiger partial charge < -0.3 is 19.9 Å². The minimum Gasteiger partial charge on any atom is -0.495 e. The number of methoxy groups -OCH3 is 2. The lowest BCUT2D eigenvalue weighted by molar-refractivity contribution is -0.147. The zero-order valence-electron chi connectivity index (χ0n) is 13.1. The largest absolute Gasteiger partial charge is 0.495 e. The van der Waals surface area contributed by atoms with Crippen molar-refractivity contribution in [2.45, 2.75) is 25.7 Å². The van der Waals surface area contributed by atoms with Crippen LogP contribution in [0.15, 0.2) is 12.1 Å². The van der Waals surface area contributed by atoms with Crippen LogP contribution in [-0.2, 0) is 9.59 Å². The molecule has 1 aliphatic carbocycles. The summed E-state index contributed by atoms with van der Waals surface area (Å²) >= 11 is 6.08. The van der Waals surface area contributed by atoms with E-state index in [1.165, 1.54) is 20.3 Å². The molecule has 1 fully saturated rings. The molecule has 2 unspecified atom stereocenters. The maximum Gasteiger partial charge on any atom is 0.307 e. The molecule has 0 heterocycles. The molecule has 6 nitrogen and oxygen atoms in total. The lowest BCUT2D eigenvalue weighted by Gasteiger charge is -2.27. The molecular weight excluding hydrogens is 322 g/mol. The number of hydrogen-bond donors (Lipinski definition) is 2. The van der Waals surface area contributed by atoms with Gasteiger partial charge in [0.2, 0.25) is 5.91 Å². The van der Waals surface area contributed by atoms with Crippen LogP contribution in [0.2, 0.25) is 5.02 Å². The van der Waals surface area contributed by atoms with Gasteiger partial charge in [0.05, 0.1) is 36.8 Å². The molecule has 0 radical (unpaired) electrons. The number of rotatable bonds is 5. The van der Waals surface area contributed by atoms with Gasteiger partial charge in [-0.1, -0.05) is 24.4 Å². The maximum atomic E-state index is 12.5. The first kappa shape index (κ1) is 17.4. The molecular formula is C16H20ClNO5. The predicted molar refractivity (Wildman–Crippen MR) is 86.3 cm³/mol. The first-order chi connectivity index (χ1) is 11.0. The van der Waals surface area contributed by atoms with Crippen LogP contribution in [0, 0.1) is 11.8 Å². The first-order valence-electron chi connectivity index (χ1n) is 7.43. The van der Waals surface area contributed by atoms with Gasteiger partial charge >= 0.3 is 5.97 Å². The Morgan fingerprint density at radius 3 is 2.30 bits per heavy atom. The van der Waals surface area contributed by atoms with Crippen molar-refractivity contribution in [1.82, 2.24) is 0 Å². The van der Waals surface area contributed by atoms with E-state index in [1.54, 1.807) is 6.07 Å². The summed E-state index contributed by atoms with van der Waals surface area (Å²) in [5.74, 6) is -1.61. The van der Waals surface area contributed by atoms with Gasteiger partial charge in [-0.2, -0.15) is 0 Å². The Hall–Kier alpha value is -1.95. The molecule has 23 heavy (non-hydrogen) atoms. The summed E-state index contributed by atoms with van der Waals surface area (Å²) in [5, 5.41) is 12.4. The summed E-state index contributed by atoms with van der Waals surface area (Å²) < 4.78 is 10.3. The van der Waals surface area contributed by atoms with E-state index in [0.29, 0.717) is 35.1 Å². The van der Waals surface area contributed by atoms with Crippen LogP contribution in [0.25, 0.3) is 0 Å². The highest BCUT2D eigenvalue weighted by Gasteiger charge is 2.36. The van der Waals surface area contributed by atoms with Crippen molar-refractivity contribution in [3.05, 3.63) is 17.2 Å². The van der Waals surface area contributed by atoms with E-state index < -0.39 is 17.8 Å². The first-order valence-corrected chi connectivity index (χ1v) is 7.81. The number of aliphatic carboxylic acids is 1. The number of ether oxygens (including phenoxy) is 2. The Labute approximate surface area is 139 Å². The van der Waals surface area contributed by atoms with Gasteiger partial charge in [-0.05, 0) is 18.9 Å². The third kappa shape index (κ3) is 3.88. The quantitative estimate of drug-likeness (QED) is 0.859. The van der Waals surface area contributed by atoms with E-state index in [2.05, 4.69) is 5.32 Å². The fourth-order valence-corrected chi connectivity index (χ4v) is 3.16. The van der Waals surface area contributed by atoms with E-state index >= 15 is 0 Å². The number of nitrogens with one attached hydrogen (secondary N) is 1. The average molecular weight is 342 g/mol. The van der Waals surface area contributed by atoms with Crippen molar-refractivity contribution in [1.29, 1.82) is 0 Å². The highest BCUT2D eigenvalue weighted by Crippen LogP contribution is 2.37. The molecule has 0 saturated heterocycles. The van der Waals surface area contributed by atoms with Gasteiger partial charge in [0, 0.05) is 6.07 Å². The van der Waals surface area contributed by atoms with Crippen molar-refractivity contribution in [3.63, 3.8) is 0 Å². The summed E-state index contributed by atoms with van der Waals surface area (Å²) in [6.07, 6.45) is 2.77. The third-order valence-electron chi connectivity index (χ3n) is 4.15. The molecule has 0 aromatic heterocycles. The molecule has 0 spiro atoms. The monoisotopic (exact) mass is 341 g/mol. The van der Waals surface area contributed by atoms with Crippen molar-refractivity contribution in [2.24, 2.45) is 11.8 Å². The van der Waals surface area contributed by atoms with Crippen molar-refractivity contribution < 1.29 is 24.2 Å². The smallest absolute Gasteiger partial charge is 0.307 e. The molecule has 2 atom stereocenters. The van der Waals surface area contributed by atoms with Gasteiger partial charge in [0.15, 0.2) is 0 Å². The summed E-state index contributed by atoms with van der Waals surface area (Å²) in [6.45, 7) is 0. The molecule has 2 N–H and O–H groups in total. The molecule has 7 heteroatoms. The van der Waals surface area contributed by atoms with Crippen LogP contribution in [0.4, 0.5) is 5.69 Å². The summed E-state index contributed by atoms with van der Waals surface area (Å²) in [4.78, 5) is 23.9. The van der Waals surface area contributed by atoms with Crippen LogP contribution in [0.1, 0.15) is 25.7 Å². The zero-order valence-corrected chi connectivity index (χ0v) is 13.9. The Morgan fingerprint density at radius 1 is 1.13 bits per heavy atom. The molecule has 2 rings (SSSR count).